The lowest BCUT2D eigenvalue weighted by Crippen LogP contribution is -2.23. The highest BCUT2D eigenvalue weighted by Crippen LogP contribution is 2.03. The van der Waals surface area contributed by atoms with E-state index < -0.39 is 9.28 Å². The molecule has 0 rings (SSSR count). The number of hydrogen-bond acceptors (Lipinski definition) is 4. The smallest absolute Gasteiger partial charge is 0.384 e. The molecule has 0 saturated heterocycles. The molecule has 0 saturated carbocycles. The number of hydrogen-bond donors (Lipinski definition) is 0. The van der Waals surface area contributed by atoms with Gasteiger partial charge in [0, 0.05) is 18.8 Å². The summed E-state index contributed by atoms with van der Waals surface area (Å²) < 4.78 is 15.9. The van der Waals surface area contributed by atoms with E-state index in [-0.39, 0.29) is 5.97 Å². The summed E-state index contributed by atoms with van der Waals surface area (Å²) in [5.74, 6) is -0.332. The second-order valence-electron chi connectivity index (χ2n) is 3.26. The molecular formula is C11H21O4Si. The molecule has 0 unspecified atom stereocenters. The van der Waals surface area contributed by atoms with E-state index in [1.807, 2.05) is 13.8 Å². The van der Waals surface area contributed by atoms with Gasteiger partial charge in [-0.1, -0.05) is 6.58 Å². The Balaban J connectivity index is 3.61. The predicted octanol–water partition coefficient (Wildman–Crippen LogP) is 2.06. The van der Waals surface area contributed by atoms with Crippen LogP contribution in [0.3, 0.4) is 0 Å². The normalized spacial score (nSPS) is 10.5. The van der Waals surface area contributed by atoms with E-state index in [0.29, 0.717) is 25.4 Å². The summed E-state index contributed by atoms with van der Waals surface area (Å²) in [5, 5.41) is 0. The summed E-state index contributed by atoms with van der Waals surface area (Å²) in [6.07, 6.45) is 0.771. The molecule has 4 nitrogen and oxygen atoms in total. The first-order valence-electron chi connectivity index (χ1n) is 5.55. The van der Waals surface area contributed by atoms with E-state index in [9.17, 15) is 4.79 Å². The molecule has 0 heterocycles. The molecule has 93 valence electrons. The fraction of sp³-hybridized carbons (Fsp3) is 0.727. The first kappa shape index (κ1) is 15.3. The fourth-order valence-corrected chi connectivity index (χ4v) is 2.46. The van der Waals surface area contributed by atoms with Crippen LogP contribution in [0.2, 0.25) is 6.04 Å². The fourth-order valence-electron chi connectivity index (χ4n) is 1.01. The van der Waals surface area contributed by atoms with E-state index in [0.717, 1.165) is 12.5 Å². The van der Waals surface area contributed by atoms with Crippen molar-refractivity contribution in [3.63, 3.8) is 0 Å². The molecule has 0 fully saturated rings. The highest BCUT2D eigenvalue weighted by Gasteiger charge is 2.14. The van der Waals surface area contributed by atoms with Gasteiger partial charge in [-0.15, -0.1) is 0 Å². The second kappa shape index (κ2) is 9.56. The zero-order valence-corrected chi connectivity index (χ0v) is 11.4. The Bertz CT molecular complexity index is 212. The molecule has 0 amide bonds. The van der Waals surface area contributed by atoms with Crippen LogP contribution >= 0.6 is 0 Å². The number of esters is 1. The largest absolute Gasteiger partial charge is 0.462 e. The van der Waals surface area contributed by atoms with Gasteiger partial charge in [0.2, 0.25) is 0 Å². The molecule has 0 aromatic heterocycles. The van der Waals surface area contributed by atoms with Crippen molar-refractivity contribution >= 4 is 15.3 Å². The average Bonchev–Trinajstić information content (AvgIpc) is 2.24. The quantitative estimate of drug-likeness (QED) is 0.270. The van der Waals surface area contributed by atoms with Crippen LogP contribution in [0.25, 0.3) is 0 Å². The lowest BCUT2D eigenvalue weighted by Gasteiger charge is -2.12. The third kappa shape index (κ3) is 7.61. The van der Waals surface area contributed by atoms with Crippen LogP contribution in [0.5, 0.6) is 0 Å². The van der Waals surface area contributed by atoms with Gasteiger partial charge in [-0.3, -0.25) is 0 Å². The van der Waals surface area contributed by atoms with Crippen molar-refractivity contribution in [2.24, 2.45) is 0 Å². The summed E-state index contributed by atoms with van der Waals surface area (Å²) in [6.45, 7) is 10.8. The van der Waals surface area contributed by atoms with E-state index in [4.69, 9.17) is 13.6 Å². The van der Waals surface area contributed by atoms with Gasteiger partial charge >= 0.3 is 15.3 Å². The average molecular weight is 245 g/mol. The molecule has 16 heavy (non-hydrogen) atoms. The van der Waals surface area contributed by atoms with Gasteiger partial charge in [-0.2, -0.15) is 0 Å². The van der Waals surface area contributed by atoms with E-state index in [1.165, 1.54) is 0 Å². The first-order chi connectivity index (χ1) is 7.61. The molecule has 1 radical (unpaired) electrons. The van der Waals surface area contributed by atoms with Gasteiger partial charge in [0.1, 0.15) is 0 Å². The summed E-state index contributed by atoms with van der Waals surface area (Å²) in [7, 11) is -1.18. The molecule has 5 heteroatoms. The summed E-state index contributed by atoms with van der Waals surface area (Å²) in [4.78, 5) is 11.1. The van der Waals surface area contributed by atoms with E-state index >= 15 is 0 Å². The number of carbonyl (C=O) groups is 1. The van der Waals surface area contributed by atoms with Crippen LogP contribution in [0, 0.1) is 0 Å². The molecule has 0 aromatic carbocycles. The number of rotatable bonds is 9. The van der Waals surface area contributed by atoms with Crippen molar-refractivity contribution in [3.05, 3.63) is 12.2 Å². The molecule has 0 aliphatic heterocycles. The Morgan fingerprint density at radius 2 is 1.81 bits per heavy atom. The summed E-state index contributed by atoms with van der Waals surface area (Å²) >= 11 is 0. The summed E-state index contributed by atoms with van der Waals surface area (Å²) in [5.41, 5.74) is 0.431. The van der Waals surface area contributed by atoms with Crippen LogP contribution in [0.4, 0.5) is 0 Å². The highest BCUT2D eigenvalue weighted by atomic mass is 28.3. The Labute approximate surface area is 99.4 Å². The van der Waals surface area contributed by atoms with Gasteiger partial charge in [0.05, 0.1) is 6.61 Å². The Kier molecular flexibility index (Phi) is 9.17. The minimum absolute atomic E-state index is 0.332. The molecule has 0 aliphatic rings. The van der Waals surface area contributed by atoms with Crippen LogP contribution in [-0.4, -0.2) is 35.1 Å². The van der Waals surface area contributed by atoms with Crippen molar-refractivity contribution in [3.8, 4) is 0 Å². The molecule has 0 bridgehead atoms. The van der Waals surface area contributed by atoms with Crippen LogP contribution < -0.4 is 0 Å². The Hall–Kier alpha value is -0.653. The Morgan fingerprint density at radius 1 is 1.25 bits per heavy atom. The predicted molar refractivity (Wildman–Crippen MR) is 64.2 cm³/mol. The maximum Gasteiger partial charge on any atom is 0.384 e. The van der Waals surface area contributed by atoms with Gasteiger partial charge in [-0.25, -0.2) is 4.79 Å². The topological polar surface area (TPSA) is 44.8 Å². The van der Waals surface area contributed by atoms with E-state index in [1.54, 1.807) is 6.92 Å². The van der Waals surface area contributed by atoms with Gasteiger partial charge in [0.15, 0.2) is 0 Å². The van der Waals surface area contributed by atoms with Crippen LogP contribution in [0.15, 0.2) is 12.2 Å². The lowest BCUT2D eigenvalue weighted by atomic mass is 10.4. The first-order valence-corrected chi connectivity index (χ1v) is 7.08. The standard InChI is InChI=1S/C11H21O4Si/c1-5-14-16(15-6-2)9-7-8-13-11(12)10(3)4/h3,5-9H2,1-2,4H3. The molecule has 0 spiro atoms. The van der Waals surface area contributed by atoms with Crippen LogP contribution in [0.1, 0.15) is 27.2 Å². The third-order valence-corrected chi connectivity index (χ3v) is 3.70. The van der Waals surface area contributed by atoms with Gasteiger partial charge in [-0.05, 0) is 33.2 Å². The third-order valence-electron chi connectivity index (χ3n) is 1.72. The van der Waals surface area contributed by atoms with Crippen molar-refractivity contribution in [1.29, 1.82) is 0 Å². The minimum Gasteiger partial charge on any atom is -0.462 e. The van der Waals surface area contributed by atoms with Gasteiger partial charge < -0.3 is 13.6 Å². The number of carbonyl (C=O) groups excluding carboxylic acids is 1. The molecular weight excluding hydrogens is 224 g/mol. The molecule has 0 aliphatic carbocycles. The van der Waals surface area contributed by atoms with Crippen molar-refractivity contribution in [2.45, 2.75) is 33.2 Å². The van der Waals surface area contributed by atoms with Crippen molar-refractivity contribution in [1.82, 2.24) is 0 Å². The summed E-state index contributed by atoms with van der Waals surface area (Å²) in [6, 6.07) is 0.829. The number of ether oxygens (including phenoxy) is 1. The zero-order valence-electron chi connectivity index (χ0n) is 10.4. The SMILES string of the molecule is C=C(C)C(=O)OCCC[Si](OCC)OCC. The molecule has 0 aromatic rings. The highest BCUT2D eigenvalue weighted by molar-refractivity contribution is 6.44. The Morgan fingerprint density at radius 3 is 2.25 bits per heavy atom. The van der Waals surface area contributed by atoms with E-state index in [2.05, 4.69) is 6.58 Å². The molecule has 0 N–H and O–H groups in total. The van der Waals surface area contributed by atoms with Crippen LogP contribution in [-0.2, 0) is 18.4 Å². The lowest BCUT2D eigenvalue weighted by molar-refractivity contribution is -0.138. The van der Waals surface area contributed by atoms with Crippen molar-refractivity contribution < 1.29 is 18.4 Å². The zero-order chi connectivity index (χ0) is 12.4. The van der Waals surface area contributed by atoms with Crippen molar-refractivity contribution in [2.75, 3.05) is 19.8 Å². The monoisotopic (exact) mass is 245 g/mol. The molecule has 0 atom stereocenters. The van der Waals surface area contributed by atoms with Gasteiger partial charge in [0.25, 0.3) is 0 Å². The minimum atomic E-state index is -1.18. The maximum absolute atomic E-state index is 11.1. The second-order valence-corrected chi connectivity index (χ2v) is 5.08. The maximum atomic E-state index is 11.1.